The minimum absolute atomic E-state index is 0.112. The average Bonchev–Trinajstić information content (AvgIpc) is 3.32. The zero-order chi connectivity index (χ0) is 26.3. The summed E-state index contributed by atoms with van der Waals surface area (Å²) in [5.74, 6) is -1.02. The van der Waals surface area contributed by atoms with Crippen LogP contribution in [-0.4, -0.2) is 75.5 Å². The van der Waals surface area contributed by atoms with Gasteiger partial charge < -0.3 is 39.5 Å². The highest BCUT2D eigenvalue weighted by Gasteiger charge is 2.46. The largest absolute Gasteiger partial charge is 0.387 e. The molecule has 1 saturated heterocycles. The molecule has 14 nitrogen and oxygen atoms in total. The van der Waals surface area contributed by atoms with Crippen molar-refractivity contribution in [2.75, 3.05) is 17.8 Å². The Balaban J connectivity index is 1.55. The molecule has 1 aliphatic heterocycles. The molecule has 0 saturated carbocycles. The first-order chi connectivity index (χ1) is 16.8. The maximum atomic E-state index is 11.9. The van der Waals surface area contributed by atoms with Crippen LogP contribution in [0.4, 0.5) is 5.82 Å². The first-order valence-electron chi connectivity index (χ1n) is 10.6. The molecule has 0 bridgehead atoms. The fraction of sp³-hybridized carbons (Fsp3) is 0.421. The number of anilines is 1. The minimum atomic E-state index is -4.83. The number of rotatable bonds is 9. The van der Waals surface area contributed by atoms with Crippen LogP contribution in [0.5, 0.6) is 0 Å². The van der Waals surface area contributed by atoms with Crippen molar-refractivity contribution >= 4 is 43.6 Å². The third kappa shape index (κ3) is 6.12. The number of ether oxygens (including phenoxy) is 1. The molecule has 36 heavy (non-hydrogen) atoms. The Morgan fingerprint density at radius 2 is 1.86 bits per heavy atom. The maximum absolute atomic E-state index is 11.9. The van der Waals surface area contributed by atoms with E-state index < -0.39 is 52.2 Å². The van der Waals surface area contributed by atoms with E-state index in [-0.39, 0.29) is 17.0 Å². The second kappa shape index (κ2) is 10.4. The number of hydrogen-bond donors (Lipinski definition) is 6. The van der Waals surface area contributed by atoms with Gasteiger partial charge in [0.2, 0.25) is 5.28 Å². The lowest BCUT2D eigenvalue weighted by Crippen LogP contribution is -2.33. The monoisotopic (exact) mass is 563 g/mol. The van der Waals surface area contributed by atoms with Crippen molar-refractivity contribution in [1.82, 2.24) is 19.7 Å². The molecule has 1 aliphatic rings. The van der Waals surface area contributed by atoms with Gasteiger partial charge in [0, 0.05) is 6.04 Å². The summed E-state index contributed by atoms with van der Waals surface area (Å²) >= 11 is 6.14. The van der Waals surface area contributed by atoms with Crippen molar-refractivity contribution in [3.05, 3.63) is 47.4 Å². The summed E-state index contributed by atoms with van der Waals surface area (Å²) in [5.41, 5.74) is 1.18. The maximum Gasteiger partial charge on any atom is 0.340 e. The predicted octanol–water partition coefficient (Wildman–Crippen LogP) is 1.61. The van der Waals surface area contributed by atoms with Gasteiger partial charge in [0.05, 0.1) is 18.2 Å². The zero-order valence-electron chi connectivity index (χ0n) is 18.7. The average molecular weight is 564 g/mol. The van der Waals surface area contributed by atoms with Crippen molar-refractivity contribution in [1.29, 1.82) is 0 Å². The Bertz CT molecular complexity index is 1320. The lowest BCUT2D eigenvalue weighted by atomic mass is 10.1. The van der Waals surface area contributed by atoms with Crippen molar-refractivity contribution in [2.45, 2.75) is 37.5 Å². The van der Waals surface area contributed by atoms with Gasteiger partial charge in [0.25, 0.3) is 0 Å². The van der Waals surface area contributed by atoms with Gasteiger partial charge >= 0.3 is 15.2 Å². The lowest BCUT2D eigenvalue weighted by molar-refractivity contribution is -0.0541. The summed E-state index contributed by atoms with van der Waals surface area (Å²) < 4.78 is 34.5. The summed E-state index contributed by atoms with van der Waals surface area (Å²) in [6, 6.07) is 9.44. The summed E-state index contributed by atoms with van der Waals surface area (Å²) in [6.07, 6.45) is -4.28. The number of hydrogen-bond acceptors (Lipinski definition) is 10. The van der Waals surface area contributed by atoms with Crippen molar-refractivity contribution in [3.8, 4) is 0 Å². The number of halogens is 1. The van der Waals surface area contributed by atoms with E-state index in [2.05, 4.69) is 20.4 Å². The number of nitrogens with zero attached hydrogens (tertiary/aromatic N) is 4. The molecular formula is C19H24ClN5O9P2. The molecule has 3 heterocycles. The molecular weight excluding hydrogens is 540 g/mol. The SMILES string of the molecule is C[C@@H](Nc1nc(Cl)nc2c1cnn2[C@@H]1O[C@H](COP(=O)(O)CP(=O)(O)O)[C@@H](O)[C@H]1O)c1ccccc1. The van der Waals surface area contributed by atoms with Crippen LogP contribution in [-0.2, 0) is 18.4 Å². The fourth-order valence-electron chi connectivity index (χ4n) is 3.76. The molecule has 0 amide bonds. The highest BCUT2D eigenvalue weighted by Crippen LogP contribution is 2.55. The number of benzene rings is 1. The van der Waals surface area contributed by atoms with E-state index in [4.69, 9.17) is 30.6 Å². The van der Waals surface area contributed by atoms with E-state index in [1.165, 1.54) is 10.9 Å². The van der Waals surface area contributed by atoms with E-state index in [1.807, 2.05) is 37.3 Å². The number of fused-ring (bicyclic) bond motifs is 1. The normalized spacial score (nSPS) is 25.1. The summed E-state index contributed by atoms with van der Waals surface area (Å²) in [7, 11) is -9.52. The van der Waals surface area contributed by atoms with Crippen molar-refractivity contribution < 1.29 is 43.3 Å². The van der Waals surface area contributed by atoms with Gasteiger partial charge in [-0.1, -0.05) is 30.3 Å². The highest BCUT2D eigenvalue weighted by molar-refractivity contribution is 7.70. The summed E-state index contributed by atoms with van der Waals surface area (Å²) in [4.78, 5) is 35.9. The molecule has 2 aromatic heterocycles. The summed E-state index contributed by atoms with van der Waals surface area (Å²) in [6.45, 7) is 1.21. The topological polar surface area (TPSA) is 209 Å². The van der Waals surface area contributed by atoms with E-state index in [0.717, 1.165) is 5.56 Å². The van der Waals surface area contributed by atoms with Gasteiger partial charge in [0.1, 0.15) is 24.1 Å². The molecule has 4 rings (SSSR count). The van der Waals surface area contributed by atoms with Crippen LogP contribution in [0.3, 0.4) is 0 Å². The summed E-state index contributed by atoms with van der Waals surface area (Å²) in [5, 5.41) is 28.8. The zero-order valence-corrected chi connectivity index (χ0v) is 21.2. The Morgan fingerprint density at radius 1 is 1.17 bits per heavy atom. The van der Waals surface area contributed by atoms with Gasteiger partial charge in [-0.25, -0.2) is 4.68 Å². The molecule has 1 unspecified atom stereocenters. The second-order valence-corrected chi connectivity index (χ2v) is 12.6. The quantitative estimate of drug-likeness (QED) is 0.162. The van der Waals surface area contributed by atoms with E-state index in [1.54, 1.807) is 0 Å². The lowest BCUT2D eigenvalue weighted by Gasteiger charge is -2.18. The Labute approximate surface area is 209 Å². The molecule has 17 heteroatoms. The van der Waals surface area contributed by atoms with Gasteiger partial charge in [-0.15, -0.1) is 0 Å². The van der Waals surface area contributed by atoms with E-state index in [0.29, 0.717) is 11.2 Å². The standard InChI is InChI=1S/C19H24ClN5O9P2/c1-10(11-5-3-2-4-6-11)22-16-12-7-21-25(17(12)24-19(20)23-16)18-15(27)14(26)13(34-18)8-33-36(31,32)9-35(28,29)30/h2-7,10,13-15,18,26-27H,8-9H2,1H3,(H,31,32)(H,22,23,24)(H2,28,29,30)/t10-,13-,14-,15-,18-/m1/s1. The first-order valence-corrected chi connectivity index (χ1v) is 14.5. The van der Waals surface area contributed by atoms with Crippen LogP contribution in [0, 0.1) is 0 Å². The molecule has 0 aliphatic carbocycles. The third-order valence-corrected chi connectivity index (χ3v) is 9.09. The third-order valence-electron chi connectivity index (χ3n) is 5.46. The van der Waals surface area contributed by atoms with Crippen molar-refractivity contribution in [3.63, 3.8) is 0 Å². The fourth-order valence-corrected chi connectivity index (χ4v) is 6.49. The Morgan fingerprint density at radius 3 is 2.53 bits per heavy atom. The van der Waals surface area contributed by atoms with E-state index in [9.17, 15) is 24.2 Å². The minimum Gasteiger partial charge on any atom is -0.387 e. The number of aliphatic hydroxyl groups excluding tert-OH is 2. The van der Waals surface area contributed by atoms with E-state index >= 15 is 0 Å². The van der Waals surface area contributed by atoms with Crippen LogP contribution < -0.4 is 5.32 Å². The molecule has 0 spiro atoms. The van der Waals surface area contributed by atoms with Crippen LogP contribution in [0.15, 0.2) is 36.5 Å². The number of aromatic nitrogens is 4. The van der Waals surface area contributed by atoms with Crippen LogP contribution in [0.1, 0.15) is 24.8 Å². The highest BCUT2D eigenvalue weighted by atomic mass is 35.5. The molecule has 0 radical (unpaired) electrons. The first kappa shape index (κ1) is 27.1. The van der Waals surface area contributed by atoms with Gasteiger partial charge in [-0.05, 0) is 24.1 Å². The number of aliphatic hydroxyl groups is 2. The van der Waals surface area contributed by atoms with Crippen LogP contribution in [0.25, 0.3) is 11.0 Å². The predicted molar refractivity (Wildman–Crippen MR) is 127 cm³/mol. The van der Waals surface area contributed by atoms with Crippen molar-refractivity contribution in [2.24, 2.45) is 0 Å². The van der Waals surface area contributed by atoms with Crippen LogP contribution >= 0.6 is 26.8 Å². The molecule has 1 aromatic carbocycles. The van der Waals surface area contributed by atoms with Gasteiger partial charge in [-0.3, -0.25) is 9.13 Å². The molecule has 6 N–H and O–H groups in total. The van der Waals surface area contributed by atoms with Crippen LogP contribution in [0.2, 0.25) is 5.28 Å². The molecule has 1 fully saturated rings. The smallest absolute Gasteiger partial charge is 0.340 e. The molecule has 6 atom stereocenters. The van der Waals surface area contributed by atoms with Gasteiger partial charge in [-0.2, -0.15) is 15.1 Å². The Hall–Kier alpha value is -1.96. The second-order valence-electron chi connectivity index (χ2n) is 8.23. The Kier molecular flexibility index (Phi) is 7.84. The number of nitrogens with one attached hydrogen (secondary N) is 1. The molecule has 3 aromatic rings. The van der Waals surface area contributed by atoms with Gasteiger partial charge in [0.15, 0.2) is 17.8 Å². The molecule has 196 valence electrons.